The number of ether oxygens (including phenoxy) is 1. The van der Waals surface area contributed by atoms with Crippen molar-refractivity contribution in [2.24, 2.45) is 11.3 Å². The second-order valence-electron chi connectivity index (χ2n) is 4.56. The van der Waals surface area contributed by atoms with Crippen molar-refractivity contribution in [3.8, 4) is 0 Å². The van der Waals surface area contributed by atoms with Gasteiger partial charge in [0, 0.05) is 12.0 Å². The molecule has 2 aliphatic heterocycles. The topological polar surface area (TPSA) is 21.3 Å². The van der Waals surface area contributed by atoms with Crippen LogP contribution in [0.15, 0.2) is 0 Å². The molecule has 0 bridgehead atoms. The maximum atomic E-state index is 5.75. The van der Waals surface area contributed by atoms with Gasteiger partial charge in [0.1, 0.15) is 0 Å². The lowest BCUT2D eigenvalue weighted by Gasteiger charge is -2.43. The Labute approximate surface area is 81.0 Å². The molecule has 3 unspecified atom stereocenters. The third-order valence-corrected chi connectivity index (χ3v) is 4.21. The highest BCUT2D eigenvalue weighted by Crippen LogP contribution is 2.47. The minimum absolute atomic E-state index is 0.486. The van der Waals surface area contributed by atoms with Crippen LogP contribution in [-0.4, -0.2) is 25.8 Å². The summed E-state index contributed by atoms with van der Waals surface area (Å²) >= 11 is 0. The third-order valence-electron chi connectivity index (χ3n) is 4.21. The zero-order chi connectivity index (χ0) is 9.31. The second kappa shape index (κ2) is 3.58. The second-order valence-corrected chi connectivity index (χ2v) is 4.56. The van der Waals surface area contributed by atoms with Crippen molar-refractivity contribution >= 4 is 0 Å². The summed E-state index contributed by atoms with van der Waals surface area (Å²) in [7, 11) is 0. The zero-order valence-electron chi connectivity index (χ0n) is 8.81. The molecular formula is C11H21NO. The van der Waals surface area contributed by atoms with Gasteiger partial charge in [-0.2, -0.15) is 0 Å². The van der Waals surface area contributed by atoms with E-state index < -0.39 is 0 Å². The number of hydrogen-bond donors (Lipinski definition) is 1. The predicted octanol–water partition coefficient (Wildman–Crippen LogP) is 1.80. The van der Waals surface area contributed by atoms with Gasteiger partial charge in [-0.1, -0.05) is 13.3 Å². The largest absolute Gasteiger partial charge is 0.378 e. The van der Waals surface area contributed by atoms with Crippen LogP contribution in [0.3, 0.4) is 0 Å². The van der Waals surface area contributed by atoms with Crippen molar-refractivity contribution in [1.82, 2.24) is 5.32 Å². The van der Waals surface area contributed by atoms with Crippen molar-refractivity contribution in [2.45, 2.75) is 39.2 Å². The summed E-state index contributed by atoms with van der Waals surface area (Å²) in [6.45, 7) is 7.94. The van der Waals surface area contributed by atoms with Gasteiger partial charge in [-0.25, -0.2) is 0 Å². The highest BCUT2D eigenvalue weighted by molar-refractivity contribution is 4.97. The molecule has 3 atom stereocenters. The van der Waals surface area contributed by atoms with Crippen molar-refractivity contribution in [3.05, 3.63) is 0 Å². The van der Waals surface area contributed by atoms with Gasteiger partial charge in [-0.3, -0.25) is 0 Å². The van der Waals surface area contributed by atoms with E-state index in [4.69, 9.17) is 4.74 Å². The summed E-state index contributed by atoms with van der Waals surface area (Å²) in [6, 6.07) is 0. The Hall–Kier alpha value is -0.0800. The van der Waals surface area contributed by atoms with Crippen molar-refractivity contribution < 1.29 is 4.74 Å². The lowest BCUT2D eigenvalue weighted by atomic mass is 9.66. The van der Waals surface area contributed by atoms with E-state index in [1.807, 2.05) is 0 Å². The van der Waals surface area contributed by atoms with E-state index in [-0.39, 0.29) is 0 Å². The molecule has 0 amide bonds. The number of hydrogen-bond acceptors (Lipinski definition) is 2. The molecule has 76 valence electrons. The van der Waals surface area contributed by atoms with Crippen molar-refractivity contribution in [1.29, 1.82) is 0 Å². The molecule has 2 aliphatic rings. The molecule has 13 heavy (non-hydrogen) atoms. The molecule has 2 rings (SSSR count). The first-order valence-corrected chi connectivity index (χ1v) is 5.62. The van der Waals surface area contributed by atoms with E-state index >= 15 is 0 Å². The highest BCUT2D eigenvalue weighted by atomic mass is 16.5. The molecule has 2 heteroatoms. The van der Waals surface area contributed by atoms with Gasteiger partial charge in [0.05, 0.1) is 6.10 Å². The van der Waals surface area contributed by atoms with Crippen LogP contribution in [0.1, 0.15) is 33.1 Å². The molecule has 1 spiro atoms. The molecule has 0 aromatic carbocycles. The van der Waals surface area contributed by atoms with Crippen LogP contribution in [0, 0.1) is 11.3 Å². The van der Waals surface area contributed by atoms with Gasteiger partial charge < -0.3 is 10.1 Å². The Bertz CT molecular complexity index is 183. The smallest absolute Gasteiger partial charge is 0.0607 e. The Morgan fingerprint density at radius 2 is 2.31 bits per heavy atom. The standard InChI is InChI=1S/C11H21NO/c1-3-10-8-12-6-4-11(10)5-7-13-9(11)2/h9-10,12H,3-8H2,1-2H3. The zero-order valence-corrected chi connectivity index (χ0v) is 8.81. The third kappa shape index (κ3) is 1.40. The van der Waals surface area contributed by atoms with E-state index in [2.05, 4.69) is 19.2 Å². The van der Waals surface area contributed by atoms with Crippen molar-refractivity contribution in [2.75, 3.05) is 19.7 Å². The number of nitrogens with one attached hydrogen (secondary N) is 1. The van der Waals surface area contributed by atoms with Gasteiger partial charge in [0.15, 0.2) is 0 Å². The summed E-state index contributed by atoms with van der Waals surface area (Å²) in [6.07, 6.45) is 4.38. The molecule has 0 aromatic heterocycles. The minimum atomic E-state index is 0.486. The quantitative estimate of drug-likeness (QED) is 0.669. The highest BCUT2D eigenvalue weighted by Gasteiger charge is 2.47. The van der Waals surface area contributed by atoms with Crippen LogP contribution in [0.4, 0.5) is 0 Å². The van der Waals surface area contributed by atoms with Gasteiger partial charge in [0.25, 0.3) is 0 Å². The van der Waals surface area contributed by atoms with Crippen LogP contribution >= 0.6 is 0 Å². The van der Waals surface area contributed by atoms with Gasteiger partial charge in [-0.15, -0.1) is 0 Å². The van der Waals surface area contributed by atoms with Gasteiger partial charge in [0.2, 0.25) is 0 Å². The van der Waals surface area contributed by atoms with E-state index in [0.717, 1.165) is 12.5 Å². The van der Waals surface area contributed by atoms with Crippen LogP contribution in [-0.2, 0) is 4.74 Å². The molecule has 2 saturated heterocycles. The lowest BCUT2D eigenvalue weighted by Crippen LogP contribution is -2.48. The molecular weight excluding hydrogens is 162 g/mol. The fourth-order valence-corrected chi connectivity index (χ4v) is 3.21. The normalized spacial score (nSPS) is 45.7. The Morgan fingerprint density at radius 1 is 1.46 bits per heavy atom. The molecule has 2 heterocycles. The molecule has 0 aliphatic carbocycles. The molecule has 0 saturated carbocycles. The van der Waals surface area contributed by atoms with Gasteiger partial charge in [-0.05, 0) is 38.8 Å². The molecule has 2 fully saturated rings. The molecule has 2 nitrogen and oxygen atoms in total. The molecule has 0 radical (unpaired) electrons. The SMILES string of the molecule is CCC1CNCCC12CCOC2C. The first kappa shape index (κ1) is 9.47. The first-order valence-electron chi connectivity index (χ1n) is 5.62. The Morgan fingerprint density at radius 3 is 2.92 bits per heavy atom. The Balaban J connectivity index is 2.15. The summed E-state index contributed by atoms with van der Waals surface area (Å²) in [5.41, 5.74) is 0.514. The number of rotatable bonds is 1. The maximum absolute atomic E-state index is 5.75. The van der Waals surface area contributed by atoms with Crippen LogP contribution < -0.4 is 5.32 Å². The van der Waals surface area contributed by atoms with Crippen LogP contribution in [0.5, 0.6) is 0 Å². The lowest BCUT2D eigenvalue weighted by molar-refractivity contribution is 0.00762. The molecule has 1 N–H and O–H groups in total. The fourth-order valence-electron chi connectivity index (χ4n) is 3.21. The average Bonchev–Trinajstić information content (AvgIpc) is 2.50. The predicted molar refractivity (Wildman–Crippen MR) is 53.7 cm³/mol. The Kier molecular flexibility index (Phi) is 2.61. The monoisotopic (exact) mass is 183 g/mol. The van der Waals surface area contributed by atoms with Gasteiger partial charge >= 0.3 is 0 Å². The van der Waals surface area contributed by atoms with Crippen LogP contribution in [0.2, 0.25) is 0 Å². The molecule has 0 aromatic rings. The summed E-state index contributed by atoms with van der Waals surface area (Å²) in [4.78, 5) is 0. The van der Waals surface area contributed by atoms with E-state index in [0.29, 0.717) is 11.5 Å². The average molecular weight is 183 g/mol. The summed E-state index contributed by atoms with van der Waals surface area (Å²) < 4.78 is 5.75. The van der Waals surface area contributed by atoms with E-state index in [9.17, 15) is 0 Å². The van der Waals surface area contributed by atoms with Crippen molar-refractivity contribution in [3.63, 3.8) is 0 Å². The summed E-state index contributed by atoms with van der Waals surface area (Å²) in [5.74, 6) is 0.832. The maximum Gasteiger partial charge on any atom is 0.0607 e. The van der Waals surface area contributed by atoms with Crippen LogP contribution in [0.25, 0.3) is 0 Å². The van der Waals surface area contributed by atoms with E-state index in [1.165, 1.54) is 32.4 Å². The minimum Gasteiger partial charge on any atom is -0.378 e. The summed E-state index contributed by atoms with van der Waals surface area (Å²) in [5, 5.41) is 3.50. The fraction of sp³-hybridized carbons (Fsp3) is 1.00. The first-order chi connectivity index (χ1) is 6.29. The number of piperidine rings is 1. The van der Waals surface area contributed by atoms with E-state index in [1.54, 1.807) is 0 Å².